The van der Waals surface area contributed by atoms with Crippen LogP contribution in [0.15, 0.2) is 12.4 Å². The summed E-state index contributed by atoms with van der Waals surface area (Å²) in [7, 11) is 2.13. The lowest BCUT2D eigenvalue weighted by molar-refractivity contribution is 0.141. The Hall–Kier alpha value is -1.16. The number of anilines is 1. The number of hydrogen-bond acceptors (Lipinski definition) is 4. The molecule has 0 aromatic carbocycles. The highest BCUT2D eigenvalue weighted by atomic mass is 15.2. The SMILES string of the molecule is CCNc1cnc(CN(C)C(C)(C)CC)cn1. The Morgan fingerprint density at radius 2 is 1.94 bits per heavy atom. The summed E-state index contributed by atoms with van der Waals surface area (Å²) in [6, 6.07) is 0. The van der Waals surface area contributed by atoms with Crippen LogP contribution in [0.4, 0.5) is 5.82 Å². The second kappa shape index (κ2) is 5.96. The molecule has 0 radical (unpaired) electrons. The predicted octanol–water partition coefficient (Wildman–Crippen LogP) is 2.53. The molecule has 1 N–H and O–H groups in total. The fourth-order valence-corrected chi connectivity index (χ4v) is 1.44. The first-order valence-corrected chi connectivity index (χ1v) is 6.25. The predicted molar refractivity (Wildman–Crippen MR) is 72.0 cm³/mol. The quantitative estimate of drug-likeness (QED) is 0.824. The summed E-state index contributed by atoms with van der Waals surface area (Å²) < 4.78 is 0. The van der Waals surface area contributed by atoms with Gasteiger partial charge in [0.15, 0.2) is 0 Å². The van der Waals surface area contributed by atoms with E-state index in [9.17, 15) is 0 Å². The smallest absolute Gasteiger partial charge is 0.144 e. The van der Waals surface area contributed by atoms with Crippen LogP contribution in [0.25, 0.3) is 0 Å². The second-order valence-electron chi connectivity index (χ2n) is 4.95. The monoisotopic (exact) mass is 236 g/mol. The van der Waals surface area contributed by atoms with Crippen LogP contribution in [0.5, 0.6) is 0 Å². The van der Waals surface area contributed by atoms with Crippen LogP contribution in [0, 0.1) is 0 Å². The van der Waals surface area contributed by atoms with Crippen molar-refractivity contribution in [3.05, 3.63) is 18.1 Å². The van der Waals surface area contributed by atoms with Gasteiger partial charge in [0.05, 0.1) is 18.1 Å². The van der Waals surface area contributed by atoms with Gasteiger partial charge in [-0.3, -0.25) is 9.88 Å². The normalized spacial score (nSPS) is 11.9. The van der Waals surface area contributed by atoms with E-state index in [1.54, 1.807) is 6.20 Å². The van der Waals surface area contributed by atoms with Crippen LogP contribution in [0.1, 0.15) is 39.8 Å². The lowest BCUT2D eigenvalue weighted by Crippen LogP contribution is -2.40. The van der Waals surface area contributed by atoms with Crippen LogP contribution >= 0.6 is 0 Å². The van der Waals surface area contributed by atoms with E-state index < -0.39 is 0 Å². The Balaban J connectivity index is 2.63. The molecule has 0 atom stereocenters. The van der Waals surface area contributed by atoms with Crippen LogP contribution < -0.4 is 5.32 Å². The van der Waals surface area contributed by atoms with Gasteiger partial charge in [-0.2, -0.15) is 0 Å². The van der Waals surface area contributed by atoms with Crippen LogP contribution in [-0.2, 0) is 6.54 Å². The van der Waals surface area contributed by atoms with Crippen molar-refractivity contribution in [2.24, 2.45) is 0 Å². The molecule has 0 aliphatic rings. The summed E-state index contributed by atoms with van der Waals surface area (Å²) in [5.74, 6) is 0.841. The molecule has 0 saturated heterocycles. The van der Waals surface area contributed by atoms with Gasteiger partial charge in [-0.1, -0.05) is 6.92 Å². The first-order chi connectivity index (χ1) is 7.99. The number of nitrogens with one attached hydrogen (secondary N) is 1. The van der Waals surface area contributed by atoms with E-state index >= 15 is 0 Å². The van der Waals surface area contributed by atoms with Crippen molar-refractivity contribution < 1.29 is 0 Å². The molecule has 1 aromatic heterocycles. The molecule has 4 nitrogen and oxygen atoms in total. The van der Waals surface area contributed by atoms with E-state index in [1.807, 2.05) is 13.1 Å². The Morgan fingerprint density at radius 1 is 1.24 bits per heavy atom. The Bertz CT molecular complexity index is 332. The van der Waals surface area contributed by atoms with Crippen molar-refractivity contribution in [3.63, 3.8) is 0 Å². The molecule has 1 rings (SSSR count). The fraction of sp³-hybridized carbons (Fsp3) is 0.692. The van der Waals surface area contributed by atoms with Crippen LogP contribution in [0.2, 0.25) is 0 Å². The summed E-state index contributed by atoms with van der Waals surface area (Å²) >= 11 is 0. The van der Waals surface area contributed by atoms with Gasteiger partial charge in [0.25, 0.3) is 0 Å². The van der Waals surface area contributed by atoms with E-state index in [-0.39, 0.29) is 5.54 Å². The average molecular weight is 236 g/mol. The Kier molecular flexibility index (Phi) is 4.87. The molecule has 0 fully saturated rings. The van der Waals surface area contributed by atoms with E-state index in [1.165, 1.54) is 0 Å². The Morgan fingerprint density at radius 3 is 2.41 bits per heavy atom. The van der Waals surface area contributed by atoms with E-state index in [0.717, 1.165) is 31.0 Å². The third-order valence-electron chi connectivity index (χ3n) is 3.36. The summed E-state index contributed by atoms with van der Waals surface area (Å²) in [5, 5.41) is 3.14. The number of nitrogens with zero attached hydrogens (tertiary/aromatic N) is 3. The maximum Gasteiger partial charge on any atom is 0.144 e. The molecule has 0 amide bonds. The zero-order chi connectivity index (χ0) is 12.9. The van der Waals surface area contributed by atoms with Crippen molar-refractivity contribution in [3.8, 4) is 0 Å². The van der Waals surface area contributed by atoms with E-state index in [0.29, 0.717) is 0 Å². The summed E-state index contributed by atoms with van der Waals surface area (Å²) in [6.45, 7) is 10.4. The van der Waals surface area contributed by atoms with Gasteiger partial charge in [0.1, 0.15) is 5.82 Å². The highest BCUT2D eigenvalue weighted by Gasteiger charge is 2.21. The summed E-state index contributed by atoms with van der Waals surface area (Å²) in [6.07, 6.45) is 4.76. The zero-order valence-electron chi connectivity index (χ0n) is 11.6. The van der Waals surface area contributed by atoms with Gasteiger partial charge in [-0.25, -0.2) is 4.98 Å². The highest BCUT2D eigenvalue weighted by Crippen LogP contribution is 2.18. The molecule has 96 valence electrons. The minimum atomic E-state index is 0.196. The molecule has 17 heavy (non-hydrogen) atoms. The minimum Gasteiger partial charge on any atom is -0.369 e. The second-order valence-corrected chi connectivity index (χ2v) is 4.95. The molecule has 4 heteroatoms. The fourth-order valence-electron chi connectivity index (χ4n) is 1.44. The van der Waals surface area contributed by atoms with Gasteiger partial charge in [-0.15, -0.1) is 0 Å². The average Bonchev–Trinajstić information content (AvgIpc) is 2.32. The largest absolute Gasteiger partial charge is 0.369 e. The van der Waals surface area contributed by atoms with E-state index in [2.05, 4.69) is 48.0 Å². The van der Waals surface area contributed by atoms with E-state index in [4.69, 9.17) is 0 Å². The third kappa shape index (κ3) is 3.97. The van der Waals surface area contributed by atoms with Crippen LogP contribution in [0.3, 0.4) is 0 Å². The number of rotatable bonds is 6. The first-order valence-electron chi connectivity index (χ1n) is 6.25. The standard InChI is InChI=1S/C13H24N4/c1-6-13(3,4)17(5)10-11-8-16-12(9-15-11)14-7-2/h8-9H,6-7,10H2,1-5H3,(H,14,16). The zero-order valence-corrected chi connectivity index (χ0v) is 11.6. The minimum absolute atomic E-state index is 0.196. The molecule has 1 heterocycles. The molecule has 0 saturated carbocycles. The van der Waals surface area contributed by atoms with Gasteiger partial charge in [-0.05, 0) is 34.2 Å². The lowest BCUT2D eigenvalue weighted by atomic mass is 10.00. The highest BCUT2D eigenvalue weighted by molar-refractivity contribution is 5.30. The van der Waals surface area contributed by atoms with Crippen molar-refractivity contribution >= 4 is 5.82 Å². The molecule has 0 aliphatic heterocycles. The molecular weight excluding hydrogens is 212 g/mol. The first kappa shape index (κ1) is 13.9. The van der Waals surface area contributed by atoms with Crippen molar-refractivity contribution in [1.82, 2.24) is 14.9 Å². The molecule has 1 aromatic rings. The third-order valence-corrected chi connectivity index (χ3v) is 3.36. The summed E-state index contributed by atoms with van der Waals surface area (Å²) in [4.78, 5) is 11.1. The molecule has 0 unspecified atom stereocenters. The van der Waals surface area contributed by atoms with Gasteiger partial charge in [0, 0.05) is 18.6 Å². The van der Waals surface area contributed by atoms with Crippen molar-refractivity contribution in [2.45, 2.75) is 46.2 Å². The van der Waals surface area contributed by atoms with Crippen molar-refractivity contribution in [1.29, 1.82) is 0 Å². The molecular formula is C13H24N4. The topological polar surface area (TPSA) is 41.1 Å². The van der Waals surface area contributed by atoms with Gasteiger partial charge >= 0.3 is 0 Å². The summed E-state index contributed by atoms with van der Waals surface area (Å²) in [5.41, 5.74) is 1.21. The molecule has 0 spiro atoms. The molecule has 0 bridgehead atoms. The van der Waals surface area contributed by atoms with Gasteiger partial charge in [0.2, 0.25) is 0 Å². The maximum atomic E-state index is 4.42. The van der Waals surface area contributed by atoms with Gasteiger partial charge < -0.3 is 5.32 Å². The maximum absolute atomic E-state index is 4.42. The lowest BCUT2D eigenvalue weighted by Gasteiger charge is -2.34. The number of hydrogen-bond donors (Lipinski definition) is 1. The Labute approximate surface area is 104 Å². The van der Waals surface area contributed by atoms with Crippen LogP contribution in [-0.4, -0.2) is 34.0 Å². The number of aromatic nitrogens is 2. The van der Waals surface area contributed by atoms with Crippen molar-refractivity contribution in [2.75, 3.05) is 18.9 Å². The molecule has 0 aliphatic carbocycles.